The Bertz CT molecular complexity index is 558. The van der Waals surface area contributed by atoms with Gasteiger partial charge in [-0.05, 0) is 29.8 Å². The quantitative estimate of drug-likeness (QED) is 0.773. The summed E-state index contributed by atoms with van der Waals surface area (Å²) >= 11 is 2.90. The van der Waals surface area contributed by atoms with E-state index >= 15 is 0 Å². The molecule has 0 aromatic carbocycles. The number of pyridine rings is 1. The first kappa shape index (κ1) is 16.2. The van der Waals surface area contributed by atoms with E-state index in [2.05, 4.69) is 25.7 Å². The maximum Gasteiger partial charge on any atom is 0.422 e. The first-order valence-corrected chi connectivity index (χ1v) is 7.47. The highest BCUT2D eigenvalue weighted by atomic mass is 79.9. The van der Waals surface area contributed by atoms with E-state index in [-0.39, 0.29) is 15.2 Å². The minimum atomic E-state index is -4.51. The molecule has 108 valence electrons. The Kier molecular flexibility index (Phi) is 4.83. The Morgan fingerprint density at radius 3 is 2.47 bits per heavy atom. The van der Waals surface area contributed by atoms with Gasteiger partial charge >= 0.3 is 6.18 Å². The van der Waals surface area contributed by atoms with Gasteiger partial charge in [-0.3, -0.25) is 0 Å². The molecule has 0 aliphatic rings. The molecule has 1 rings (SSSR count). The molecule has 0 saturated heterocycles. The van der Waals surface area contributed by atoms with Crippen LogP contribution in [0.5, 0.6) is 5.75 Å². The van der Waals surface area contributed by atoms with Crippen LogP contribution in [0.3, 0.4) is 0 Å². The average molecular weight is 362 g/mol. The van der Waals surface area contributed by atoms with Crippen LogP contribution in [0, 0.1) is 0 Å². The fourth-order valence-electron chi connectivity index (χ4n) is 1.10. The van der Waals surface area contributed by atoms with Gasteiger partial charge in [0, 0.05) is 12.3 Å². The lowest BCUT2D eigenvalue weighted by Crippen LogP contribution is -2.20. The number of rotatable bonds is 4. The molecule has 0 saturated carbocycles. The molecule has 0 unspecified atom stereocenters. The van der Waals surface area contributed by atoms with Crippen molar-refractivity contribution in [3.63, 3.8) is 0 Å². The number of alkyl halides is 3. The van der Waals surface area contributed by atoms with Crippen LogP contribution < -0.4 is 4.74 Å². The van der Waals surface area contributed by atoms with Gasteiger partial charge in [-0.1, -0.05) is 0 Å². The summed E-state index contributed by atoms with van der Waals surface area (Å²) in [6, 6.07) is 1.03. The Morgan fingerprint density at radius 2 is 2.00 bits per heavy atom. The fraction of sp³-hybridized carbons (Fsp3) is 0.500. The molecule has 0 N–H and O–H groups in total. The lowest BCUT2D eigenvalue weighted by molar-refractivity contribution is -0.153. The number of sulfone groups is 1. The summed E-state index contributed by atoms with van der Waals surface area (Å²) in [4.78, 5) is 3.50. The van der Waals surface area contributed by atoms with Crippen molar-refractivity contribution >= 4 is 25.8 Å². The number of hydrogen-bond donors (Lipinski definition) is 0. The summed E-state index contributed by atoms with van der Waals surface area (Å²) in [6.45, 7) is 1.42. The maximum absolute atomic E-state index is 12.1. The fourth-order valence-corrected chi connectivity index (χ4v) is 2.45. The third kappa shape index (κ3) is 4.34. The van der Waals surface area contributed by atoms with Gasteiger partial charge in [0.1, 0.15) is 4.60 Å². The van der Waals surface area contributed by atoms with E-state index in [1.54, 1.807) is 0 Å². The largest absolute Gasteiger partial charge is 0.481 e. The van der Waals surface area contributed by atoms with Crippen LogP contribution in [0.4, 0.5) is 13.2 Å². The van der Waals surface area contributed by atoms with Crippen LogP contribution >= 0.6 is 15.9 Å². The summed E-state index contributed by atoms with van der Waals surface area (Å²) in [5, 5.41) is -0.703. The first-order chi connectivity index (χ1) is 8.54. The smallest absolute Gasteiger partial charge is 0.422 e. The van der Waals surface area contributed by atoms with E-state index < -0.39 is 27.9 Å². The Labute approximate surface area is 117 Å². The molecule has 1 heterocycles. The van der Waals surface area contributed by atoms with Gasteiger partial charge in [0.25, 0.3) is 0 Å². The van der Waals surface area contributed by atoms with Gasteiger partial charge in [-0.2, -0.15) is 13.2 Å². The van der Waals surface area contributed by atoms with E-state index in [1.165, 1.54) is 13.8 Å². The molecule has 9 heteroatoms. The van der Waals surface area contributed by atoms with Gasteiger partial charge in [0.2, 0.25) is 0 Å². The van der Waals surface area contributed by atoms with Crippen molar-refractivity contribution < 1.29 is 26.3 Å². The molecule has 0 atom stereocenters. The molecule has 0 fully saturated rings. The maximum atomic E-state index is 12.1. The second kappa shape index (κ2) is 5.66. The molecule has 0 radical (unpaired) electrons. The standard InChI is InChI=1S/C10H11BrF3NO3S/c1-6(2)19(16,17)7-3-8(9(11)15-4-7)18-5-10(12,13)14/h3-4,6H,5H2,1-2H3. The second-order valence-corrected chi connectivity index (χ2v) is 7.21. The zero-order valence-corrected chi connectivity index (χ0v) is 12.4. The van der Waals surface area contributed by atoms with Crippen LogP contribution in [0.1, 0.15) is 13.8 Å². The molecule has 0 spiro atoms. The lowest BCUT2D eigenvalue weighted by atomic mass is 10.4. The van der Waals surface area contributed by atoms with Crippen LogP contribution in [0.15, 0.2) is 21.8 Å². The molecule has 0 bridgehead atoms. The summed E-state index contributed by atoms with van der Waals surface area (Å²) < 4.78 is 64.4. The highest BCUT2D eigenvalue weighted by Gasteiger charge is 2.29. The van der Waals surface area contributed by atoms with E-state index in [0.29, 0.717) is 0 Å². The van der Waals surface area contributed by atoms with E-state index in [1.807, 2.05) is 0 Å². The highest BCUT2D eigenvalue weighted by Crippen LogP contribution is 2.28. The normalized spacial score (nSPS) is 12.8. The predicted molar refractivity (Wildman–Crippen MR) is 65.8 cm³/mol. The molecule has 4 nitrogen and oxygen atoms in total. The summed E-state index contributed by atoms with van der Waals surface area (Å²) in [7, 11) is -3.61. The van der Waals surface area contributed by atoms with Crippen LogP contribution in [-0.2, 0) is 9.84 Å². The van der Waals surface area contributed by atoms with E-state index in [0.717, 1.165) is 12.3 Å². The van der Waals surface area contributed by atoms with Gasteiger partial charge in [-0.25, -0.2) is 13.4 Å². The number of nitrogens with zero attached hydrogens (tertiary/aromatic N) is 1. The Hall–Kier alpha value is -0.830. The summed E-state index contributed by atoms with van der Waals surface area (Å²) in [5.74, 6) is -0.265. The molecule has 19 heavy (non-hydrogen) atoms. The zero-order chi connectivity index (χ0) is 14.8. The minimum absolute atomic E-state index is 0.0134. The van der Waals surface area contributed by atoms with Crippen molar-refractivity contribution in [1.82, 2.24) is 4.98 Å². The second-order valence-electron chi connectivity index (χ2n) is 3.96. The van der Waals surface area contributed by atoms with Gasteiger partial charge in [-0.15, -0.1) is 0 Å². The number of aromatic nitrogens is 1. The average Bonchev–Trinajstić information content (AvgIpc) is 2.26. The summed E-state index contributed by atoms with van der Waals surface area (Å²) in [6.07, 6.45) is -3.44. The SMILES string of the molecule is CC(C)S(=O)(=O)c1cnc(Br)c(OCC(F)(F)F)c1. The first-order valence-electron chi connectivity index (χ1n) is 5.13. The number of ether oxygens (including phenoxy) is 1. The van der Waals surface area contributed by atoms with Crippen molar-refractivity contribution in [3.05, 3.63) is 16.9 Å². The third-order valence-electron chi connectivity index (χ3n) is 2.12. The van der Waals surface area contributed by atoms with Crippen LogP contribution in [0.2, 0.25) is 0 Å². The molecule has 1 aromatic heterocycles. The van der Waals surface area contributed by atoms with Gasteiger partial charge in [0.15, 0.2) is 22.2 Å². The monoisotopic (exact) mass is 361 g/mol. The van der Waals surface area contributed by atoms with Crippen molar-refractivity contribution in [2.45, 2.75) is 30.2 Å². The number of halogens is 4. The predicted octanol–water partition coefficient (Wildman–Crippen LogP) is 2.97. The Balaban J connectivity index is 3.08. The third-order valence-corrected chi connectivity index (χ3v) is 4.84. The van der Waals surface area contributed by atoms with Crippen LogP contribution in [-0.4, -0.2) is 31.4 Å². The molecule has 0 amide bonds. The lowest BCUT2D eigenvalue weighted by Gasteiger charge is -2.12. The Morgan fingerprint density at radius 1 is 1.42 bits per heavy atom. The van der Waals surface area contributed by atoms with Crippen molar-refractivity contribution in [1.29, 1.82) is 0 Å². The minimum Gasteiger partial charge on any atom is -0.481 e. The van der Waals surface area contributed by atoms with E-state index in [4.69, 9.17) is 0 Å². The zero-order valence-electron chi connectivity index (χ0n) is 10.0. The van der Waals surface area contributed by atoms with Crippen molar-refractivity contribution in [2.75, 3.05) is 6.61 Å². The van der Waals surface area contributed by atoms with E-state index in [9.17, 15) is 21.6 Å². The molecular weight excluding hydrogens is 351 g/mol. The highest BCUT2D eigenvalue weighted by molar-refractivity contribution is 9.10. The molecule has 1 aromatic rings. The topological polar surface area (TPSA) is 56.3 Å². The summed E-state index contributed by atoms with van der Waals surface area (Å²) in [5.41, 5.74) is 0. The number of hydrogen-bond acceptors (Lipinski definition) is 4. The van der Waals surface area contributed by atoms with Crippen molar-refractivity contribution in [2.24, 2.45) is 0 Å². The van der Waals surface area contributed by atoms with Crippen molar-refractivity contribution in [3.8, 4) is 5.75 Å². The molecule has 0 aliphatic carbocycles. The van der Waals surface area contributed by atoms with Gasteiger partial charge in [0.05, 0.1) is 10.1 Å². The molecule has 0 aliphatic heterocycles. The molecular formula is C10H11BrF3NO3S. The van der Waals surface area contributed by atoms with Gasteiger partial charge < -0.3 is 4.74 Å². The van der Waals surface area contributed by atoms with Crippen LogP contribution in [0.25, 0.3) is 0 Å².